The van der Waals surface area contributed by atoms with Gasteiger partial charge in [-0.2, -0.15) is 0 Å². The summed E-state index contributed by atoms with van der Waals surface area (Å²) in [6, 6.07) is 14.8. The second kappa shape index (κ2) is 5.41. The fraction of sp³-hybridized carbons (Fsp3) is 0.312. The second-order valence-corrected chi connectivity index (χ2v) is 4.98. The smallest absolute Gasteiger partial charge is 0.129 e. The molecule has 0 radical (unpaired) electrons. The highest BCUT2D eigenvalue weighted by Crippen LogP contribution is 2.21. The highest BCUT2D eigenvalue weighted by atomic mass is 15.2. The van der Waals surface area contributed by atoms with Crippen molar-refractivity contribution in [2.24, 2.45) is 0 Å². The van der Waals surface area contributed by atoms with E-state index in [-0.39, 0.29) is 0 Å². The Kier molecular flexibility index (Phi) is 3.47. The average molecular weight is 253 g/mol. The van der Waals surface area contributed by atoms with Gasteiger partial charge in [0.05, 0.1) is 5.69 Å². The number of piperazine rings is 1. The SMILES string of the molecule is Cc1ccc(-c2cccc(N3CCNCC3)n2)cc1. The lowest BCUT2D eigenvalue weighted by atomic mass is 10.1. The lowest BCUT2D eigenvalue weighted by Gasteiger charge is -2.28. The van der Waals surface area contributed by atoms with Gasteiger partial charge in [0.15, 0.2) is 0 Å². The molecular formula is C16H19N3. The first kappa shape index (κ1) is 12.2. The first-order chi connectivity index (χ1) is 9.33. The molecule has 2 aromatic rings. The van der Waals surface area contributed by atoms with E-state index in [1.807, 2.05) is 0 Å². The summed E-state index contributed by atoms with van der Waals surface area (Å²) < 4.78 is 0. The van der Waals surface area contributed by atoms with Gasteiger partial charge in [-0.15, -0.1) is 0 Å². The molecule has 0 amide bonds. The minimum atomic E-state index is 1.03. The Morgan fingerprint density at radius 1 is 1.00 bits per heavy atom. The number of pyridine rings is 1. The Morgan fingerprint density at radius 2 is 1.74 bits per heavy atom. The monoisotopic (exact) mass is 253 g/mol. The van der Waals surface area contributed by atoms with Gasteiger partial charge in [0.2, 0.25) is 0 Å². The van der Waals surface area contributed by atoms with Crippen LogP contribution in [0.2, 0.25) is 0 Å². The quantitative estimate of drug-likeness (QED) is 0.891. The lowest BCUT2D eigenvalue weighted by molar-refractivity contribution is 0.585. The Bertz CT molecular complexity index is 542. The summed E-state index contributed by atoms with van der Waals surface area (Å²) in [6.45, 7) is 6.25. The van der Waals surface area contributed by atoms with Crippen molar-refractivity contribution in [3.05, 3.63) is 48.0 Å². The maximum atomic E-state index is 4.79. The number of anilines is 1. The summed E-state index contributed by atoms with van der Waals surface area (Å²) >= 11 is 0. The van der Waals surface area contributed by atoms with Crippen LogP contribution in [0.25, 0.3) is 11.3 Å². The molecule has 0 unspecified atom stereocenters. The normalized spacial score (nSPS) is 15.5. The van der Waals surface area contributed by atoms with Gasteiger partial charge in [-0.05, 0) is 19.1 Å². The van der Waals surface area contributed by atoms with Crippen LogP contribution < -0.4 is 10.2 Å². The Hall–Kier alpha value is -1.87. The predicted octanol–water partition coefficient (Wildman–Crippen LogP) is 2.47. The molecule has 2 heterocycles. The van der Waals surface area contributed by atoms with Gasteiger partial charge in [-0.1, -0.05) is 35.9 Å². The van der Waals surface area contributed by atoms with Crippen LogP contribution in [-0.2, 0) is 0 Å². The first-order valence-electron chi connectivity index (χ1n) is 6.83. The van der Waals surface area contributed by atoms with E-state index in [0.717, 1.165) is 37.7 Å². The minimum absolute atomic E-state index is 1.03. The number of hydrogen-bond donors (Lipinski definition) is 1. The molecule has 0 saturated carbocycles. The molecule has 0 spiro atoms. The average Bonchev–Trinajstić information content (AvgIpc) is 2.49. The predicted molar refractivity (Wildman–Crippen MR) is 79.5 cm³/mol. The topological polar surface area (TPSA) is 28.2 Å². The molecule has 0 aliphatic carbocycles. The highest BCUT2D eigenvalue weighted by Gasteiger charge is 2.12. The number of aromatic nitrogens is 1. The Morgan fingerprint density at radius 3 is 2.47 bits per heavy atom. The molecule has 3 rings (SSSR count). The summed E-state index contributed by atoms with van der Waals surface area (Å²) in [6.07, 6.45) is 0. The summed E-state index contributed by atoms with van der Waals surface area (Å²) in [5.74, 6) is 1.08. The van der Waals surface area contributed by atoms with Gasteiger partial charge in [0, 0.05) is 31.7 Å². The third-order valence-corrected chi connectivity index (χ3v) is 3.52. The molecule has 1 aliphatic rings. The van der Waals surface area contributed by atoms with Gasteiger partial charge in [-0.3, -0.25) is 0 Å². The van der Waals surface area contributed by atoms with Crippen LogP contribution in [-0.4, -0.2) is 31.2 Å². The van der Waals surface area contributed by atoms with Gasteiger partial charge >= 0.3 is 0 Å². The van der Waals surface area contributed by atoms with E-state index in [1.165, 1.54) is 11.1 Å². The molecule has 3 heteroatoms. The maximum Gasteiger partial charge on any atom is 0.129 e. The molecule has 98 valence electrons. The van der Waals surface area contributed by atoms with E-state index in [0.29, 0.717) is 0 Å². The van der Waals surface area contributed by atoms with E-state index in [2.05, 4.69) is 59.6 Å². The summed E-state index contributed by atoms with van der Waals surface area (Å²) in [5.41, 5.74) is 3.51. The maximum absolute atomic E-state index is 4.79. The summed E-state index contributed by atoms with van der Waals surface area (Å²) in [5, 5.41) is 3.37. The van der Waals surface area contributed by atoms with Crippen molar-refractivity contribution in [1.82, 2.24) is 10.3 Å². The highest BCUT2D eigenvalue weighted by molar-refractivity contribution is 5.61. The third kappa shape index (κ3) is 2.76. The molecule has 1 N–H and O–H groups in total. The van der Waals surface area contributed by atoms with E-state index >= 15 is 0 Å². The van der Waals surface area contributed by atoms with Gasteiger partial charge in [0.25, 0.3) is 0 Å². The molecule has 19 heavy (non-hydrogen) atoms. The fourth-order valence-electron chi connectivity index (χ4n) is 2.38. The van der Waals surface area contributed by atoms with E-state index in [1.54, 1.807) is 0 Å². The van der Waals surface area contributed by atoms with Crippen LogP contribution in [0.3, 0.4) is 0 Å². The molecule has 1 aromatic heterocycles. The van der Waals surface area contributed by atoms with Crippen LogP contribution in [0.1, 0.15) is 5.56 Å². The zero-order chi connectivity index (χ0) is 13.1. The van der Waals surface area contributed by atoms with Crippen LogP contribution in [0.4, 0.5) is 5.82 Å². The summed E-state index contributed by atoms with van der Waals surface area (Å²) in [4.78, 5) is 7.14. The van der Waals surface area contributed by atoms with Crippen molar-refractivity contribution < 1.29 is 0 Å². The van der Waals surface area contributed by atoms with Crippen LogP contribution in [0, 0.1) is 6.92 Å². The van der Waals surface area contributed by atoms with Crippen molar-refractivity contribution in [3.63, 3.8) is 0 Å². The molecule has 3 nitrogen and oxygen atoms in total. The van der Waals surface area contributed by atoms with Crippen LogP contribution in [0.5, 0.6) is 0 Å². The molecule has 1 aliphatic heterocycles. The van der Waals surface area contributed by atoms with Gasteiger partial charge < -0.3 is 10.2 Å². The molecular weight excluding hydrogens is 234 g/mol. The largest absolute Gasteiger partial charge is 0.354 e. The lowest BCUT2D eigenvalue weighted by Crippen LogP contribution is -2.43. The van der Waals surface area contributed by atoms with Gasteiger partial charge in [0.1, 0.15) is 5.82 Å². The van der Waals surface area contributed by atoms with E-state index in [4.69, 9.17) is 4.98 Å². The molecule has 0 bridgehead atoms. The number of hydrogen-bond acceptors (Lipinski definition) is 3. The Labute approximate surface area is 114 Å². The number of nitrogens with zero attached hydrogens (tertiary/aromatic N) is 2. The van der Waals surface area contributed by atoms with E-state index < -0.39 is 0 Å². The molecule has 1 saturated heterocycles. The van der Waals surface area contributed by atoms with Gasteiger partial charge in [-0.25, -0.2) is 4.98 Å². The Balaban J connectivity index is 1.88. The van der Waals surface area contributed by atoms with Crippen LogP contribution >= 0.6 is 0 Å². The van der Waals surface area contributed by atoms with Crippen molar-refractivity contribution >= 4 is 5.82 Å². The third-order valence-electron chi connectivity index (χ3n) is 3.52. The zero-order valence-corrected chi connectivity index (χ0v) is 11.3. The number of benzene rings is 1. The number of nitrogens with one attached hydrogen (secondary N) is 1. The first-order valence-corrected chi connectivity index (χ1v) is 6.83. The molecule has 1 fully saturated rings. The summed E-state index contributed by atoms with van der Waals surface area (Å²) in [7, 11) is 0. The van der Waals surface area contributed by atoms with Crippen molar-refractivity contribution in [2.75, 3.05) is 31.1 Å². The van der Waals surface area contributed by atoms with Crippen molar-refractivity contribution in [3.8, 4) is 11.3 Å². The minimum Gasteiger partial charge on any atom is -0.354 e. The number of rotatable bonds is 2. The van der Waals surface area contributed by atoms with Crippen molar-refractivity contribution in [2.45, 2.75) is 6.92 Å². The van der Waals surface area contributed by atoms with Crippen LogP contribution in [0.15, 0.2) is 42.5 Å². The van der Waals surface area contributed by atoms with Crippen molar-refractivity contribution in [1.29, 1.82) is 0 Å². The standard InChI is InChI=1S/C16H19N3/c1-13-5-7-14(8-6-13)15-3-2-4-16(18-15)19-11-9-17-10-12-19/h2-8,17H,9-12H2,1H3. The second-order valence-electron chi connectivity index (χ2n) is 4.98. The molecule has 1 aromatic carbocycles. The zero-order valence-electron chi connectivity index (χ0n) is 11.3. The fourth-order valence-corrected chi connectivity index (χ4v) is 2.38. The number of aryl methyl sites for hydroxylation is 1. The van der Waals surface area contributed by atoms with E-state index in [9.17, 15) is 0 Å². The molecule has 0 atom stereocenters.